The van der Waals surface area contributed by atoms with Gasteiger partial charge in [-0.25, -0.2) is 25.6 Å². The van der Waals surface area contributed by atoms with Crippen molar-refractivity contribution in [2.45, 2.75) is 20.8 Å². The third-order valence-corrected chi connectivity index (χ3v) is 6.07. The molecule has 0 saturated carbocycles. The Bertz CT molecular complexity index is 1700. The quantitative estimate of drug-likeness (QED) is 0.0781. The van der Waals surface area contributed by atoms with E-state index in [2.05, 4.69) is 52.0 Å². The highest BCUT2D eigenvalue weighted by Crippen LogP contribution is 2.25. The lowest BCUT2D eigenvalue weighted by Crippen LogP contribution is -2.27. The largest absolute Gasteiger partial charge is 0.369 e. The van der Waals surface area contributed by atoms with Crippen LogP contribution in [-0.2, 0) is 0 Å². The second-order valence-electron chi connectivity index (χ2n) is 9.49. The minimum atomic E-state index is -0.495. The number of nitrogens with one attached hydrogen (secondary N) is 7. The molecular formula is C29H32N14O. The number of hydrogen-bond donors (Lipinski definition) is 9. The van der Waals surface area contributed by atoms with E-state index < -0.39 is 6.03 Å². The summed E-state index contributed by atoms with van der Waals surface area (Å²) in [6, 6.07) is 15.7. The molecule has 0 unspecified atom stereocenters. The first-order valence-electron chi connectivity index (χ1n) is 13.2. The van der Waals surface area contributed by atoms with E-state index in [9.17, 15) is 4.79 Å². The number of benzene rings is 2. The van der Waals surface area contributed by atoms with Crippen molar-refractivity contribution in [3.63, 3.8) is 0 Å². The van der Waals surface area contributed by atoms with Gasteiger partial charge in [-0.05, 0) is 74.9 Å². The Morgan fingerprint density at radius 1 is 0.841 bits per heavy atom. The average molecular weight is 593 g/mol. The number of nitrogens with two attached hydrogens (primary N) is 2. The van der Waals surface area contributed by atoms with Gasteiger partial charge in [-0.3, -0.25) is 15.8 Å². The Labute approximate surface area is 253 Å². The Balaban J connectivity index is 1.54. The molecule has 0 aliphatic carbocycles. The van der Waals surface area contributed by atoms with Crippen LogP contribution in [0.3, 0.4) is 0 Å². The normalized spacial score (nSPS) is 11.3. The van der Waals surface area contributed by atoms with Crippen LogP contribution < -0.4 is 38.3 Å². The molecule has 0 aliphatic rings. The fourth-order valence-electron chi connectivity index (χ4n) is 3.88. The lowest BCUT2D eigenvalue weighted by molar-refractivity contribution is 0.262. The van der Waals surface area contributed by atoms with E-state index in [0.717, 1.165) is 16.8 Å². The number of rotatable bonds is 9. The van der Waals surface area contributed by atoms with Crippen molar-refractivity contribution in [1.82, 2.24) is 25.8 Å². The number of guanidine groups is 2. The van der Waals surface area contributed by atoms with Gasteiger partial charge in [0.05, 0.1) is 17.1 Å². The maximum absolute atomic E-state index is 13.1. The summed E-state index contributed by atoms with van der Waals surface area (Å²) in [5.74, 6) is -0.240. The van der Waals surface area contributed by atoms with Gasteiger partial charge in [0.1, 0.15) is 0 Å². The van der Waals surface area contributed by atoms with E-state index in [0.29, 0.717) is 45.6 Å². The molecular weight excluding hydrogens is 560 g/mol. The van der Waals surface area contributed by atoms with Crippen LogP contribution in [0.25, 0.3) is 11.3 Å². The van der Waals surface area contributed by atoms with Crippen LogP contribution in [0.15, 0.2) is 83.4 Å². The number of aryl methyl sites for hydroxylation is 1. The van der Waals surface area contributed by atoms with Crippen molar-refractivity contribution >= 4 is 52.4 Å². The Morgan fingerprint density at radius 2 is 1.50 bits per heavy atom. The summed E-state index contributed by atoms with van der Waals surface area (Å²) in [6.07, 6.45) is 5.09. The third-order valence-electron chi connectivity index (χ3n) is 6.07. The SMILES string of the molecule is CC(=NNC(=N)N)c1cc(NC(=O)Nc2ccc(C)c(Nc3nccc(-c4cccnc4)n3)c2)cc(C(C)=NNC(=N)N)c1. The van der Waals surface area contributed by atoms with E-state index in [1.165, 1.54) is 0 Å². The number of pyridine rings is 1. The molecule has 0 radical (unpaired) electrons. The van der Waals surface area contributed by atoms with Gasteiger partial charge in [0, 0.05) is 52.3 Å². The van der Waals surface area contributed by atoms with E-state index in [1.807, 2.05) is 25.1 Å². The summed E-state index contributed by atoms with van der Waals surface area (Å²) in [5, 5.41) is 31.8. The van der Waals surface area contributed by atoms with E-state index >= 15 is 0 Å². The summed E-state index contributed by atoms with van der Waals surface area (Å²) in [7, 11) is 0. The molecule has 0 atom stereocenters. The molecule has 4 rings (SSSR count). The molecule has 11 N–H and O–H groups in total. The highest BCUT2D eigenvalue weighted by molar-refractivity contribution is 6.07. The van der Waals surface area contributed by atoms with Gasteiger partial charge in [-0.1, -0.05) is 6.07 Å². The highest BCUT2D eigenvalue weighted by atomic mass is 16.2. The van der Waals surface area contributed by atoms with Crippen LogP contribution >= 0.6 is 0 Å². The summed E-state index contributed by atoms with van der Waals surface area (Å²) >= 11 is 0. The van der Waals surface area contributed by atoms with E-state index in [1.54, 1.807) is 68.8 Å². The van der Waals surface area contributed by atoms with Gasteiger partial charge in [0.2, 0.25) is 17.9 Å². The number of anilines is 4. The molecule has 2 amide bonds. The van der Waals surface area contributed by atoms with Crippen molar-refractivity contribution in [1.29, 1.82) is 10.8 Å². The number of hydrazone groups is 2. The van der Waals surface area contributed by atoms with Gasteiger partial charge in [-0.15, -0.1) is 0 Å². The topological polar surface area (TPSA) is 240 Å². The fraction of sp³-hybridized carbons (Fsp3) is 0.103. The first-order chi connectivity index (χ1) is 21.1. The molecule has 0 bridgehead atoms. The van der Waals surface area contributed by atoms with Crippen molar-refractivity contribution in [3.8, 4) is 11.3 Å². The minimum Gasteiger partial charge on any atom is -0.369 e. The van der Waals surface area contributed by atoms with Crippen LogP contribution in [0.4, 0.5) is 27.8 Å². The Kier molecular flexibility index (Phi) is 9.72. The maximum atomic E-state index is 13.1. The first-order valence-corrected chi connectivity index (χ1v) is 13.2. The molecule has 4 aromatic rings. The standard InChI is InChI=1S/C29H32N14O/c1-16-6-7-22(14-25(16)39-28-35-10-8-24(38-28)19-5-4-9-34-15-19)36-29(44)37-23-12-20(17(2)40-42-26(30)31)11-21(13-23)18(3)41-43-27(32)33/h4-15H,1-3H3,(H4,30,31,42)(H4,32,33,43)(H,35,38,39)(H2,36,37,44). The number of amides is 2. The van der Waals surface area contributed by atoms with Gasteiger partial charge >= 0.3 is 6.03 Å². The Morgan fingerprint density at radius 3 is 2.11 bits per heavy atom. The van der Waals surface area contributed by atoms with Crippen LogP contribution in [-0.4, -0.2) is 44.3 Å². The Hall–Kier alpha value is -6.38. The maximum Gasteiger partial charge on any atom is 0.323 e. The predicted octanol–water partition coefficient (Wildman–Crippen LogP) is 3.65. The number of hydrogen-bond acceptors (Lipinski definition) is 9. The molecule has 0 saturated heterocycles. The van der Waals surface area contributed by atoms with Crippen molar-refractivity contribution in [2.24, 2.45) is 21.7 Å². The van der Waals surface area contributed by atoms with Gasteiger partial charge in [0.25, 0.3) is 0 Å². The molecule has 0 aliphatic heterocycles. The number of carbonyl (C=O) groups is 1. The van der Waals surface area contributed by atoms with Crippen LogP contribution in [0.1, 0.15) is 30.5 Å². The predicted molar refractivity (Wildman–Crippen MR) is 173 cm³/mol. The zero-order valence-corrected chi connectivity index (χ0v) is 24.2. The zero-order valence-electron chi connectivity index (χ0n) is 24.2. The van der Waals surface area contributed by atoms with Crippen LogP contribution in [0, 0.1) is 17.7 Å². The smallest absolute Gasteiger partial charge is 0.323 e. The number of carbonyl (C=O) groups excluding carboxylic acids is 1. The van der Waals surface area contributed by atoms with E-state index in [-0.39, 0.29) is 11.9 Å². The molecule has 0 fully saturated rings. The highest BCUT2D eigenvalue weighted by Gasteiger charge is 2.11. The molecule has 44 heavy (non-hydrogen) atoms. The first kappa shape index (κ1) is 30.6. The monoisotopic (exact) mass is 592 g/mol. The summed E-state index contributed by atoms with van der Waals surface area (Å²) in [6.45, 7) is 5.37. The van der Waals surface area contributed by atoms with Crippen molar-refractivity contribution in [2.75, 3.05) is 16.0 Å². The number of aromatic nitrogens is 3. The molecule has 2 heterocycles. The van der Waals surface area contributed by atoms with Crippen LogP contribution in [0.5, 0.6) is 0 Å². The van der Waals surface area contributed by atoms with Crippen molar-refractivity contribution < 1.29 is 4.79 Å². The second-order valence-corrected chi connectivity index (χ2v) is 9.49. The minimum absolute atomic E-state index is 0.318. The van der Waals surface area contributed by atoms with Gasteiger partial charge < -0.3 is 27.4 Å². The molecule has 2 aromatic carbocycles. The lowest BCUT2D eigenvalue weighted by atomic mass is 10.0. The summed E-state index contributed by atoms with van der Waals surface area (Å²) in [5.41, 5.74) is 22.0. The third kappa shape index (κ3) is 8.56. The number of nitrogens with zero attached hydrogens (tertiary/aromatic N) is 5. The fourth-order valence-corrected chi connectivity index (χ4v) is 3.88. The van der Waals surface area contributed by atoms with Crippen LogP contribution in [0.2, 0.25) is 0 Å². The molecule has 224 valence electrons. The molecule has 2 aromatic heterocycles. The number of urea groups is 1. The average Bonchev–Trinajstić information content (AvgIpc) is 3.00. The summed E-state index contributed by atoms with van der Waals surface area (Å²) in [4.78, 5) is 26.1. The second kappa shape index (κ2) is 14.0. The molecule has 15 nitrogen and oxygen atoms in total. The van der Waals surface area contributed by atoms with Gasteiger partial charge in [-0.2, -0.15) is 10.2 Å². The van der Waals surface area contributed by atoms with E-state index in [4.69, 9.17) is 22.3 Å². The molecule has 0 spiro atoms. The summed E-state index contributed by atoms with van der Waals surface area (Å²) < 4.78 is 0. The van der Waals surface area contributed by atoms with Gasteiger partial charge in [0.15, 0.2) is 0 Å². The van der Waals surface area contributed by atoms with Crippen molar-refractivity contribution in [3.05, 3.63) is 89.9 Å². The molecule has 15 heteroatoms. The zero-order chi connectivity index (χ0) is 31.6. The lowest BCUT2D eigenvalue weighted by Gasteiger charge is -2.14.